The first-order valence-corrected chi connectivity index (χ1v) is 9.02. The van der Waals surface area contributed by atoms with Gasteiger partial charge in [0, 0.05) is 38.8 Å². The van der Waals surface area contributed by atoms with E-state index in [0.29, 0.717) is 5.92 Å². The van der Waals surface area contributed by atoms with E-state index in [9.17, 15) is 4.79 Å². The third-order valence-electron chi connectivity index (χ3n) is 4.88. The van der Waals surface area contributed by atoms with Crippen molar-refractivity contribution < 1.29 is 4.79 Å². The van der Waals surface area contributed by atoms with Gasteiger partial charge in [0.1, 0.15) is 0 Å². The Labute approximate surface area is 145 Å². The SMILES string of the molecule is CC(=O)N(Cc1ccc2c(c1)CCN(C1=CC=C1)CC2)CC(C)C. The van der Waals surface area contributed by atoms with Crippen molar-refractivity contribution in [2.75, 3.05) is 19.6 Å². The highest BCUT2D eigenvalue weighted by Crippen LogP contribution is 2.23. The third-order valence-corrected chi connectivity index (χ3v) is 4.88. The summed E-state index contributed by atoms with van der Waals surface area (Å²) in [6.07, 6.45) is 8.68. The van der Waals surface area contributed by atoms with Crippen LogP contribution in [0.15, 0.2) is 42.1 Å². The molecule has 1 aliphatic heterocycles. The second-order valence-corrected chi connectivity index (χ2v) is 7.33. The molecule has 0 atom stereocenters. The molecule has 0 radical (unpaired) electrons. The largest absolute Gasteiger partial charge is 0.371 e. The minimum atomic E-state index is 0.161. The molecule has 2 aliphatic rings. The topological polar surface area (TPSA) is 23.6 Å². The molecule has 0 saturated carbocycles. The number of hydrogen-bond acceptors (Lipinski definition) is 2. The van der Waals surface area contributed by atoms with Gasteiger partial charge in [0.2, 0.25) is 5.91 Å². The first-order chi connectivity index (χ1) is 11.5. The highest BCUT2D eigenvalue weighted by Gasteiger charge is 2.17. The molecule has 24 heavy (non-hydrogen) atoms. The van der Waals surface area contributed by atoms with Gasteiger partial charge in [-0.15, -0.1) is 0 Å². The summed E-state index contributed by atoms with van der Waals surface area (Å²) in [5.41, 5.74) is 5.53. The Morgan fingerprint density at radius 1 is 1.21 bits per heavy atom. The van der Waals surface area contributed by atoms with E-state index in [1.807, 2.05) is 4.90 Å². The fraction of sp³-hybridized carbons (Fsp3) is 0.476. The molecule has 0 fully saturated rings. The fourth-order valence-electron chi connectivity index (χ4n) is 3.49. The second-order valence-electron chi connectivity index (χ2n) is 7.33. The number of amides is 1. The van der Waals surface area contributed by atoms with E-state index in [1.54, 1.807) is 6.92 Å². The van der Waals surface area contributed by atoms with E-state index in [4.69, 9.17) is 0 Å². The van der Waals surface area contributed by atoms with Crippen LogP contribution in [0.2, 0.25) is 0 Å². The van der Waals surface area contributed by atoms with Crippen LogP contribution in [0.5, 0.6) is 0 Å². The van der Waals surface area contributed by atoms with Crippen molar-refractivity contribution in [2.45, 2.75) is 40.2 Å². The summed E-state index contributed by atoms with van der Waals surface area (Å²) < 4.78 is 0. The predicted molar refractivity (Wildman–Crippen MR) is 98.6 cm³/mol. The molecule has 3 nitrogen and oxygen atoms in total. The lowest BCUT2D eigenvalue weighted by atomic mass is 9.99. The van der Waals surface area contributed by atoms with Crippen LogP contribution in [0.3, 0.4) is 0 Å². The molecule has 1 heterocycles. The van der Waals surface area contributed by atoms with Crippen LogP contribution in [0.1, 0.15) is 37.5 Å². The Kier molecular flexibility index (Phi) is 5.08. The summed E-state index contributed by atoms with van der Waals surface area (Å²) in [7, 11) is 0. The van der Waals surface area contributed by atoms with Crippen molar-refractivity contribution in [3.8, 4) is 0 Å². The molecule has 0 N–H and O–H groups in total. The Morgan fingerprint density at radius 2 is 1.92 bits per heavy atom. The summed E-state index contributed by atoms with van der Waals surface area (Å²) in [6.45, 7) is 9.70. The summed E-state index contributed by atoms with van der Waals surface area (Å²) in [5.74, 6) is 0.653. The minimum Gasteiger partial charge on any atom is -0.371 e. The zero-order chi connectivity index (χ0) is 17.1. The van der Waals surface area contributed by atoms with Crippen LogP contribution in [0.25, 0.3) is 0 Å². The molecule has 1 aromatic carbocycles. The first-order valence-electron chi connectivity index (χ1n) is 9.02. The molecule has 0 unspecified atom stereocenters. The summed E-state index contributed by atoms with van der Waals surface area (Å²) in [4.78, 5) is 16.3. The average molecular weight is 324 g/mol. The van der Waals surface area contributed by atoms with Crippen LogP contribution in [-0.2, 0) is 24.2 Å². The molecular formula is C21H28N2O. The number of nitrogens with zero attached hydrogens (tertiary/aromatic N) is 2. The van der Waals surface area contributed by atoms with Crippen LogP contribution in [0.4, 0.5) is 0 Å². The predicted octanol–water partition coefficient (Wildman–Crippen LogP) is 3.55. The van der Waals surface area contributed by atoms with E-state index in [1.165, 1.54) is 22.4 Å². The molecular weight excluding hydrogens is 296 g/mol. The molecule has 0 spiro atoms. The first kappa shape index (κ1) is 16.8. The van der Waals surface area contributed by atoms with Crippen molar-refractivity contribution in [2.24, 2.45) is 5.92 Å². The Bertz CT molecular complexity index is 672. The van der Waals surface area contributed by atoms with Crippen LogP contribution >= 0.6 is 0 Å². The maximum Gasteiger partial charge on any atom is 0.219 e. The van der Waals surface area contributed by atoms with Crippen molar-refractivity contribution in [1.29, 1.82) is 0 Å². The number of fused-ring (bicyclic) bond motifs is 1. The molecule has 3 heteroatoms. The molecule has 0 saturated heterocycles. The van der Waals surface area contributed by atoms with Crippen molar-refractivity contribution >= 4 is 5.91 Å². The average Bonchev–Trinajstić information content (AvgIpc) is 2.67. The standard InChI is InChI=1S/C21H28N2O/c1-16(2)14-23(17(3)24)15-18-7-8-19-9-11-22(21-5-4-6-21)12-10-20(19)13-18/h4-8,13,16H,9-12,14-15H2,1-3H3. The van der Waals surface area contributed by atoms with E-state index in [2.05, 4.69) is 55.2 Å². The van der Waals surface area contributed by atoms with Crippen molar-refractivity contribution in [1.82, 2.24) is 9.80 Å². The molecule has 0 bridgehead atoms. The highest BCUT2D eigenvalue weighted by molar-refractivity contribution is 5.73. The zero-order valence-corrected chi connectivity index (χ0v) is 15.1. The quantitative estimate of drug-likeness (QED) is 0.827. The van der Waals surface area contributed by atoms with Gasteiger partial charge in [-0.1, -0.05) is 38.1 Å². The number of benzene rings is 1. The summed E-state index contributed by atoms with van der Waals surface area (Å²) in [6, 6.07) is 6.79. The zero-order valence-electron chi connectivity index (χ0n) is 15.1. The maximum absolute atomic E-state index is 11.9. The molecule has 1 aromatic rings. The number of allylic oxidation sites excluding steroid dienone is 3. The third kappa shape index (κ3) is 3.89. The molecule has 128 valence electrons. The monoisotopic (exact) mass is 324 g/mol. The van der Waals surface area contributed by atoms with Gasteiger partial charge in [-0.25, -0.2) is 0 Å². The normalized spacial score (nSPS) is 16.3. The van der Waals surface area contributed by atoms with Gasteiger partial charge in [0.05, 0.1) is 0 Å². The van der Waals surface area contributed by atoms with E-state index >= 15 is 0 Å². The Morgan fingerprint density at radius 3 is 2.50 bits per heavy atom. The van der Waals surface area contributed by atoms with Crippen LogP contribution < -0.4 is 0 Å². The van der Waals surface area contributed by atoms with E-state index < -0.39 is 0 Å². The summed E-state index contributed by atoms with van der Waals surface area (Å²) in [5, 5.41) is 0. The smallest absolute Gasteiger partial charge is 0.219 e. The molecule has 3 rings (SSSR count). The number of hydrogen-bond donors (Lipinski definition) is 0. The van der Waals surface area contributed by atoms with Crippen LogP contribution in [-0.4, -0.2) is 35.3 Å². The van der Waals surface area contributed by atoms with Gasteiger partial charge < -0.3 is 9.80 Å². The highest BCUT2D eigenvalue weighted by atomic mass is 16.2. The molecule has 1 aliphatic carbocycles. The van der Waals surface area contributed by atoms with E-state index in [-0.39, 0.29) is 5.91 Å². The van der Waals surface area contributed by atoms with Crippen molar-refractivity contribution in [3.63, 3.8) is 0 Å². The number of rotatable bonds is 5. The van der Waals surface area contributed by atoms with E-state index in [0.717, 1.165) is 39.0 Å². The number of carbonyl (C=O) groups is 1. The lowest BCUT2D eigenvalue weighted by Gasteiger charge is -2.26. The summed E-state index contributed by atoms with van der Waals surface area (Å²) >= 11 is 0. The van der Waals surface area contributed by atoms with Gasteiger partial charge in [0.25, 0.3) is 0 Å². The van der Waals surface area contributed by atoms with Crippen molar-refractivity contribution in [3.05, 3.63) is 58.8 Å². The maximum atomic E-state index is 11.9. The second kappa shape index (κ2) is 7.25. The van der Waals surface area contributed by atoms with Gasteiger partial charge in [-0.3, -0.25) is 4.79 Å². The Hall–Kier alpha value is -2.03. The van der Waals surface area contributed by atoms with Gasteiger partial charge >= 0.3 is 0 Å². The minimum absolute atomic E-state index is 0.161. The van der Waals surface area contributed by atoms with Gasteiger partial charge in [-0.05, 0) is 47.6 Å². The van der Waals surface area contributed by atoms with Gasteiger partial charge in [0.15, 0.2) is 0 Å². The van der Waals surface area contributed by atoms with Crippen LogP contribution in [0, 0.1) is 5.92 Å². The molecule has 0 aromatic heterocycles. The fourth-order valence-corrected chi connectivity index (χ4v) is 3.49. The number of carbonyl (C=O) groups excluding carboxylic acids is 1. The lowest BCUT2D eigenvalue weighted by Crippen LogP contribution is -2.31. The molecule has 1 amide bonds. The van der Waals surface area contributed by atoms with Gasteiger partial charge in [-0.2, -0.15) is 0 Å². The lowest BCUT2D eigenvalue weighted by molar-refractivity contribution is -0.130. The Balaban J connectivity index is 1.70.